The Balaban J connectivity index is 1.50. The molecule has 246 valence electrons. The van der Waals surface area contributed by atoms with Gasteiger partial charge in [-0.25, -0.2) is 13.1 Å². The van der Waals surface area contributed by atoms with Crippen molar-refractivity contribution < 1.29 is 18.0 Å². The Morgan fingerprint density at radius 2 is 1.43 bits per heavy atom. The zero-order chi connectivity index (χ0) is 32.9. The molecule has 0 aliphatic heterocycles. The SMILES string of the molecule is N=C(N)c1ccc(CNC(=O)C(CCc2ccc(CN)cc2)NC(=O)C(CC2CCCCC2)NS(=O)(=O)Cc2ccccc2)cc1. The third-order valence-corrected chi connectivity index (χ3v) is 9.83. The lowest BCUT2D eigenvalue weighted by molar-refractivity contribution is -0.130. The minimum atomic E-state index is -3.85. The number of benzene rings is 3. The van der Waals surface area contributed by atoms with Gasteiger partial charge in [-0.2, -0.15) is 0 Å². The Bertz CT molecular complexity index is 1540. The van der Waals surface area contributed by atoms with Gasteiger partial charge in [0.15, 0.2) is 0 Å². The van der Waals surface area contributed by atoms with Gasteiger partial charge in [-0.3, -0.25) is 15.0 Å². The number of amides is 2. The van der Waals surface area contributed by atoms with Gasteiger partial charge in [0.2, 0.25) is 21.8 Å². The first kappa shape index (κ1) is 34.8. The van der Waals surface area contributed by atoms with Crippen LogP contribution in [0.15, 0.2) is 78.9 Å². The minimum Gasteiger partial charge on any atom is -0.384 e. The summed E-state index contributed by atoms with van der Waals surface area (Å²) in [5.74, 6) is -0.944. The molecule has 1 aliphatic carbocycles. The quantitative estimate of drug-likeness (QED) is 0.102. The summed E-state index contributed by atoms with van der Waals surface area (Å²) in [6, 6.07) is 21.7. The van der Waals surface area contributed by atoms with Crippen molar-refractivity contribution in [1.82, 2.24) is 15.4 Å². The number of hydrogen-bond acceptors (Lipinski definition) is 6. The van der Waals surface area contributed by atoms with Crippen LogP contribution in [0.2, 0.25) is 0 Å². The highest BCUT2D eigenvalue weighted by Crippen LogP contribution is 2.28. The second-order valence-corrected chi connectivity index (χ2v) is 13.9. The van der Waals surface area contributed by atoms with E-state index in [4.69, 9.17) is 16.9 Å². The van der Waals surface area contributed by atoms with E-state index in [2.05, 4.69) is 15.4 Å². The van der Waals surface area contributed by atoms with Gasteiger partial charge >= 0.3 is 0 Å². The van der Waals surface area contributed by atoms with Gasteiger partial charge in [0, 0.05) is 18.7 Å². The van der Waals surface area contributed by atoms with Gasteiger partial charge in [-0.1, -0.05) is 111 Å². The van der Waals surface area contributed by atoms with Gasteiger partial charge < -0.3 is 22.1 Å². The van der Waals surface area contributed by atoms with Crippen molar-refractivity contribution >= 4 is 27.7 Å². The molecule has 1 fully saturated rings. The second kappa shape index (κ2) is 17.0. The highest BCUT2D eigenvalue weighted by atomic mass is 32.2. The highest BCUT2D eigenvalue weighted by molar-refractivity contribution is 7.88. The summed E-state index contributed by atoms with van der Waals surface area (Å²) >= 11 is 0. The molecule has 0 saturated heterocycles. The van der Waals surface area contributed by atoms with Gasteiger partial charge in [0.25, 0.3) is 0 Å². The molecule has 2 unspecified atom stereocenters. The van der Waals surface area contributed by atoms with Crippen molar-refractivity contribution in [2.45, 2.75) is 82.3 Å². The van der Waals surface area contributed by atoms with E-state index in [1.165, 1.54) is 0 Å². The zero-order valence-electron chi connectivity index (χ0n) is 26.2. The summed E-state index contributed by atoms with van der Waals surface area (Å²) in [5, 5.41) is 13.4. The Kier molecular flexibility index (Phi) is 12.9. The molecule has 2 atom stereocenters. The average molecular weight is 647 g/mol. The van der Waals surface area contributed by atoms with E-state index in [0.717, 1.165) is 48.8 Å². The van der Waals surface area contributed by atoms with Crippen molar-refractivity contribution in [3.63, 3.8) is 0 Å². The smallest absolute Gasteiger partial charge is 0.242 e. The molecular formula is C35H46N6O4S. The number of amidine groups is 1. The van der Waals surface area contributed by atoms with E-state index in [1.807, 2.05) is 30.3 Å². The molecule has 0 aromatic heterocycles. The summed E-state index contributed by atoms with van der Waals surface area (Å²) in [5.41, 5.74) is 15.3. The van der Waals surface area contributed by atoms with E-state index < -0.39 is 28.0 Å². The Labute approximate surface area is 272 Å². The fourth-order valence-electron chi connectivity index (χ4n) is 5.83. The molecule has 11 heteroatoms. The van der Waals surface area contributed by atoms with Crippen LogP contribution in [-0.4, -0.2) is 38.2 Å². The number of rotatable bonds is 16. The maximum Gasteiger partial charge on any atom is 0.242 e. The maximum absolute atomic E-state index is 13.9. The van der Waals surface area contributed by atoms with E-state index >= 15 is 0 Å². The molecule has 0 radical (unpaired) electrons. The lowest BCUT2D eigenvalue weighted by atomic mass is 9.85. The zero-order valence-corrected chi connectivity index (χ0v) is 27.0. The number of sulfonamides is 1. The number of nitrogens with two attached hydrogens (primary N) is 2. The molecule has 1 saturated carbocycles. The molecule has 0 bridgehead atoms. The summed E-state index contributed by atoms with van der Waals surface area (Å²) in [6.07, 6.45) is 6.33. The second-order valence-electron chi connectivity index (χ2n) is 12.1. The fourth-order valence-corrected chi connectivity index (χ4v) is 7.18. The monoisotopic (exact) mass is 646 g/mol. The summed E-state index contributed by atoms with van der Waals surface area (Å²) in [4.78, 5) is 27.4. The van der Waals surface area contributed by atoms with Crippen LogP contribution in [0.1, 0.15) is 72.8 Å². The molecular weight excluding hydrogens is 600 g/mol. The van der Waals surface area contributed by atoms with Crippen LogP contribution in [0.4, 0.5) is 0 Å². The number of hydrogen-bond donors (Lipinski definition) is 6. The summed E-state index contributed by atoms with van der Waals surface area (Å²) < 4.78 is 29.2. The lowest BCUT2D eigenvalue weighted by Crippen LogP contribution is -2.54. The molecule has 2 amide bonds. The minimum absolute atomic E-state index is 0.0416. The maximum atomic E-state index is 13.9. The van der Waals surface area contributed by atoms with Crippen LogP contribution >= 0.6 is 0 Å². The molecule has 3 aromatic carbocycles. The van der Waals surface area contributed by atoms with Crippen molar-refractivity contribution in [3.05, 3.63) is 107 Å². The fraction of sp³-hybridized carbons (Fsp3) is 0.400. The Morgan fingerprint density at radius 3 is 2.07 bits per heavy atom. The lowest BCUT2D eigenvalue weighted by Gasteiger charge is -2.28. The van der Waals surface area contributed by atoms with Crippen LogP contribution in [0.3, 0.4) is 0 Å². The van der Waals surface area contributed by atoms with Crippen LogP contribution in [0.5, 0.6) is 0 Å². The third kappa shape index (κ3) is 11.1. The first-order valence-corrected chi connectivity index (χ1v) is 17.6. The topological polar surface area (TPSA) is 180 Å². The molecule has 8 N–H and O–H groups in total. The van der Waals surface area contributed by atoms with E-state index in [-0.39, 0.29) is 30.0 Å². The number of nitrogens with one attached hydrogen (secondary N) is 4. The number of carbonyl (C=O) groups excluding carboxylic acids is 2. The molecule has 3 aromatic rings. The summed E-state index contributed by atoms with van der Waals surface area (Å²) in [7, 11) is -3.85. The van der Waals surface area contributed by atoms with Crippen molar-refractivity contribution in [2.24, 2.45) is 17.4 Å². The number of carbonyl (C=O) groups is 2. The molecule has 0 spiro atoms. The predicted octanol–water partition coefficient (Wildman–Crippen LogP) is 3.62. The van der Waals surface area contributed by atoms with Crippen molar-refractivity contribution in [2.75, 3.05) is 0 Å². The van der Waals surface area contributed by atoms with Crippen molar-refractivity contribution in [1.29, 1.82) is 5.41 Å². The van der Waals surface area contributed by atoms with Gasteiger partial charge in [-0.15, -0.1) is 0 Å². The average Bonchev–Trinajstić information content (AvgIpc) is 3.06. The van der Waals surface area contributed by atoms with Gasteiger partial charge in [0.1, 0.15) is 17.9 Å². The van der Waals surface area contributed by atoms with E-state index in [0.29, 0.717) is 36.9 Å². The largest absolute Gasteiger partial charge is 0.384 e. The van der Waals surface area contributed by atoms with Crippen molar-refractivity contribution in [3.8, 4) is 0 Å². The number of aryl methyl sites for hydroxylation is 1. The van der Waals surface area contributed by atoms with Crippen LogP contribution in [-0.2, 0) is 44.9 Å². The first-order chi connectivity index (χ1) is 22.1. The normalized spacial score (nSPS) is 15.1. The number of nitrogen functional groups attached to an aromatic ring is 1. The van der Waals surface area contributed by atoms with Crippen LogP contribution < -0.4 is 26.8 Å². The molecule has 46 heavy (non-hydrogen) atoms. The highest BCUT2D eigenvalue weighted by Gasteiger charge is 2.31. The standard InChI is InChI=1S/C35H46N6O4S/c36-22-27-13-11-25(12-14-27)17-20-31(34(42)39-23-28-15-18-30(19-16-28)33(37)38)40-35(43)32(21-26-7-3-1-4-8-26)41-46(44,45)24-29-9-5-2-6-10-29/h2,5-6,9-16,18-19,26,31-32,41H,1,3-4,7-8,17,20-24,36H2,(H3,37,38)(H,39,42)(H,40,43). The molecule has 4 rings (SSSR count). The first-order valence-electron chi connectivity index (χ1n) is 15.9. The van der Waals surface area contributed by atoms with Gasteiger partial charge in [-0.05, 0) is 47.4 Å². The molecule has 0 heterocycles. The van der Waals surface area contributed by atoms with Gasteiger partial charge in [0.05, 0.1) is 5.75 Å². The predicted molar refractivity (Wildman–Crippen MR) is 181 cm³/mol. The summed E-state index contributed by atoms with van der Waals surface area (Å²) in [6.45, 7) is 0.640. The third-order valence-electron chi connectivity index (χ3n) is 8.48. The molecule has 1 aliphatic rings. The van der Waals surface area contributed by atoms with E-state index in [1.54, 1.807) is 48.5 Å². The van der Waals surface area contributed by atoms with E-state index in [9.17, 15) is 18.0 Å². The Hall–Kier alpha value is -4.06. The van der Waals surface area contributed by atoms with Crippen LogP contribution in [0, 0.1) is 11.3 Å². The molecule has 10 nitrogen and oxygen atoms in total. The Morgan fingerprint density at radius 1 is 0.804 bits per heavy atom. The van der Waals surface area contributed by atoms with Crippen LogP contribution in [0.25, 0.3) is 0 Å².